The van der Waals surface area contributed by atoms with Crippen molar-refractivity contribution >= 4 is 23.3 Å². The van der Waals surface area contributed by atoms with Gasteiger partial charge in [0.15, 0.2) is 0 Å². The molecule has 6 nitrogen and oxygen atoms in total. The van der Waals surface area contributed by atoms with Crippen LogP contribution >= 0.6 is 11.6 Å². The molecule has 110 valence electrons. The predicted molar refractivity (Wildman–Crippen MR) is 77.9 cm³/mol. The van der Waals surface area contributed by atoms with Crippen molar-refractivity contribution < 1.29 is 4.79 Å². The Morgan fingerprint density at radius 3 is 2.81 bits per heavy atom. The SMILES string of the molecule is CC1CN(c2cc(C#N)nc(Cl)n2)CCN1C(=O)C1CC1. The largest absolute Gasteiger partial charge is 0.353 e. The minimum Gasteiger partial charge on any atom is -0.353 e. The molecule has 1 saturated heterocycles. The number of nitriles is 1. The van der Waals surface area contributed by atoms with Gasteiger partial charge >= 0.3 is 0 Å². The molecule has 1 atom stereocenters. The van der Waals surface area contributed by atoms with Crippen molar-refractivity contribution in [2.75, 3.05) is 24.5 Å². The first kappa shape index (κ1) is 14.1. The lowest BCUT2D eigenvalue weighted by Crippen LogP contribution is -2.54. The Kier molecular flexibility index (Phi) is 3.68. The zero-order chi connectivity index (χ0) is 15.0. The van der Waals surface area contributed by atoms with E-state index in [2.05, 4.69) is 14.9 Å². The summed E-state index contributed by atoms with van der Waals surface area (Å²) in [5.41, 5.74) is 0.258. The summed E-state index contributed by atoms with van der Waals surface area (Å²) in [4.78, 5) is 24.2. The summed E-state index contributed by atoms with van der Waals surface area (Å²) < 4.78 is 0. The molecule has 2 heterocycles. The normalized spacial score (nSPS) is 22.0. The molecule has 1 aliphatic heterocycles. The zero-order valence-corrected chi connectivity index (χ0v) is 12.5. The number of aromatic nitrogens is 2. The lowest BCUT2D eigenvalue weighted by molar-refractivity contribution is -0.134. The van der Waals surface area contributed by atoms with Crippen molar-refractivity contribution in [3.8, 4) is 6.07 Å². The Hall–Kier alpha value is -1.87. The van der Waals surface area contributed by atoms with Gasteiger partial charge in [0, 0.05) is 37.7 Å². The van der Waals surface area contributed by atoms with Gasteiger partial charge in [-0.2, -0.15) is 5.26 Å². The van der Waals surface area contributed by atoms with E-state index in [4.69, 9.17) is 16.9 Å². The number of hydrogen-bond donors (Lipinski definition) is 0. The molecule has 0 spiro atoms. The molecule has 0 radical (unpaired) electrons. The first-order chi connectivity index (χ1) is 10.1. The Balaban J connectivity index is 1.73. The molecule has 2 aliphatic rings. The molecule has 1 unspecified atom stereocenters. The van der Waals surface area contributed by atoms with Gasteiger partial charge in [-0.05, 0) is 31.4 Å². The average molecular weight is 306 g/mol. The standard InChI is InChI=1S/C14H16ClN5O/c1-9-8-19(4-5-20(9)13(21)10-2-3-10)12-6-11(7-16)17-14(15)18-12/h6,9-10H,2-5,8H2,1H3. The van der Waals surface area contributed by atoms with Crippen LogP contribution in [0.5, 0.6) is 0 Å². The van der Waals surface area contributed by atoms with Crippen molar-refractivity contribution in [3.05, 3.63) is 17.0 Å². The Morgan fingerprint density at radius 1 is 1.43 bits per heavy atom. The average Bonchev–Trinajstić information content (AvgIpc) is 3.30. The number of hydrogen-bond acceptors (Lipinski definition) is 5. The van der Waals surface area contributed by atoms with E-state index in [0.29, 0.717) is 25.5 Å². The van der Waals surface area contributed by atoms with Gasteiger partial charge < -0.3 is 9.80 Å². The molecule has 1 aromatic rings. The van der Waals surface area contributed by atoms with Crippen LogP contribution in [0.3, 0.4) is 0 Å². The summed E-state index contributed by atoms with van der Waals surface area (Å²) >= 11 is 5.85. The Morgan fingerprint density at radius 2 is 2.19 bits per heavy atom. The molecular weight excluding hydrogens is 290 g/mol. The zero-order valence-electron chi connectivity index (χ0n) is 11.8. The van der Waals surface area contributed by atoms with E-state index >= 15 is 0 Å². The number of halogens is 1. The quantitative estimate of drug-likeness (QED) is 0.773. The van der Waals surface area contributed by atoms with Crippen LogP contribution in [0.15, 0.2) is 6.07 Å². The summed E-state index contributed by atoms with van der Waals surface area (Å²) in [6.45, 7) is 4.11. The van der Waals surface area contributed by atoms with Gasteiger partial charge in [-0.25, -0.2) is 9.97 Å². The van der Waals surface area contributed by atoms with Gasteiger partial charge in [0.05, 0.1) is 0 Å². The molecule has 7 heteroatoms. The van der Waals surface area contributed by atoms with Gasteiger partial charge in [-0.1, -0.05) is 0 Å². The van der Waals surface area contributed by atoms with E-state index in [1.807, 2.05) is 17.9 Å². The van der Waals surface area contributed by atoms with Crippen LogP contribution in [-0.2, 0) is 4.79 Å². The lowest BCUT2D eigenvalue weighted by atomic mass is 10.1. The van der Waals surface area contributed by atoms with Crippen LogP contribution in [0.1, 0.15) is 25.5 Å². The summed E-state index contributed by atoms with van der Waals surface area (Å²) in [6, 6.07) is 3.75. The molecule has 3 rings (SSSR count). The molecular formula is C14H16ClN5O. The Labute approximate surface area is 128 Å². The molecule has 1 amide bonds. The van der Waals surface area contributed by atoms with Crippen LogP contribution in [-0.4, -0.2) is 46.5 Å². The van der Waals surface area contributed by atoms with Gasteiger partial charge in [-0.3, -0.25) is 4.79 Å². The molecule has 1 aromatic heterocycles. The number of carbonyl (C=O) groups excluding carboxylic acids is 1. The highest BCUT2D eigenvalue weighted by Crippen LogP contribution is 2.32. The fourth-order valence-corrected chi connectivity index (χ4v) is 2.86. The summed E-state index contributed by atoms with van der Waals surface area (Å²) in [7, 11) is 0. The Bertz CT molecular complexity index is 610. The number of rotatable bonds is 2. The van der Waals surface area contributed by atoms with E-state index in [0.717, 1.165) is 12.8 Å². The summed E-state index contributed by atoms with van der Waals surface area (Å²) in [6.07, 6.45) is 2.05. The highest BCUT2D eigenvalue weighted by atomic mass is 35.5. The minimum atomic E-state index is 0.0770. The first-order valence-corrected chi connectivity index (χ1v) is 7.46. The number of piperazine rings is 1. The lowest BCUT2D eigenvalue weighted by Gasteiger charge is -2.40. The first-order valence-electron chi connectivity index (χ1n) is 7.08. The molecule has 2 fully saturated rings. The van der Waals surface area contributed by atoms with Crippen molar-refractivity contribution in [2.45, 2.75) is 25.8 Å². The van der Waals surface area contributed by atoms with Crippen molar-refractivity contribution in [2.24, 2.45) is 5.92 Å². The maximum atomic E-state index is 12.2. The van der Waals surface area contributed by atoms with Gasteiger partial charge in [0.1, 0.15) is 17.6 Å². The van der Waals surface area contributed by atoms with Crippen LogP contribution in [0.4, 0.5) is 5.82 Å². The molecule has 0 bridgehead atoms. The molecule has 1 saturated carbocycles. The third-order valence-corrected chi connectivity index (χ3v) is 4.13. The van der Waals surface area contributed by atoms with Crippen LogP contribution in [0.25, 0.3) is 0 Å². The van der Waals surface area contributed by atoms with E-state index in [9.17, 15) is 4.79 Å². The maximum Gasteiger partial charge on any atom is 0.226 e. The second-order valence-corrected chi connectivity index (χ2v) is 5.93. The molecule has 0 aromatic carbocycles. The minimum absolute atomic E-state index is 0.0770. The van der Waals surface area contributed by atoms with E-state index in [1.54, 1.807) is 6.07 Å². The van der Waals surface area contributed by atoms with Crippen LogP contribution in [0.2, 0.25) is 5.28 Å². The fourth-order valence-electron chi connectivity index (χ4n) is 2.68. The topological polar surface area (TPSA) is 73.1 Å². The second-order valence-electron chi connectivity index (χ2n) is 5.59. The predicted octanol–water partition coefficient (Wildman–Crippen LogP) is 1.45. The molecule has 1 aliphatic carbocycles. The number of carbonyl (C=O) groups is 1. The number of anilines is 1. The van der Waals surface area contributed by atoms with Gasteiger partial charge in [0.25, 0.3) is 0 Å². The van der Waals surface area contributed by atoms with E-state index in [1.165, 1.54) is 0 Å². The third kappa shape index (κ3) is 2.93. The van der Waals surface area contributed by atoms with Crippen LogP contribution < -0.4 is 4.90 Å². The molecule has 0 N–H and O–H groups in total. The van der Waals surface area contributed by atoms with Gasteiger partial charge in [-0.15, -0.1) is 0 Å². The van der Waals surface area contributed by atoms with Crippen LogP contribution in [0, 0.1) is 17.2 Å². The third-order valence-electron chi connectivity index (χ3n) is 3.96. The smallest absolute Gasteiger partial charge is 0.226 e. The highest BCUT2D eigenvalue weighted by Gasteiger charge is 2.37. The van der Waals surface area contributed by atoms with E-state index < -0.39 is 0 Å². The van der Waals surface area contributed by atoms with Crippen molar-refractivity contribution in [1.82, 2.24) is 14.9 Å². The summed E-state index contributed by atoms with van der Waals surface area (Å²) in [5.74, 6) is 1.18. The maximum absolute atomic E-state index is 12.2. The molecule has 21 heavy (non-hydrogen) atoms. The summed E-state index contributed by atoms with van der Waals surface area (Å²) in [5, 5.41) is 9.03. The van der Waals surface area contributed by atoms with Gasteiger partial charge in [0.2, 0.25) is 11.2 Å². The van der Waals surface area contributed by atoms with Crippen molar-refractivity contribution in [1.29, 1.82) is 5.26 Å². The number of amides is 1. The number of nitrogens with zero attached hydrogens (tertiary/aromatic N) is 5. The van der Waals surface area contributed by atoms with E-state index in [-0.39, 0.29) is 28.8 Å². The van der Waals surface area contributed by atoms with Crippen molar-refractivity contribution in [3.63, 3.8) is 0 Å². The monoisotopic (exact) mass is 305 g/mol. The second kappa shape index (κ2) is 5.49. The highest BCUT2D eigenvalue weighted by molar-refractivity contribution is 6.28. The fraction of sp³-hybridized carbons (Fsp3) is 0.571.